The molecule has 0 saturated heterocycles. The van der Waals surface area contributed by atoms with Crippen molar-refractivity contribution < 1.29 is 26.4 Å². The fourth-order valence-corrected chi connectivity index (χ4v) is 5.47. The zero-order valence-electron chi connectivity index (χ0n) is 16.0. The third-order valence-corrected chi connectivity index (χ3v) is 7.20. The van der Waals surface area contributed by atoms with Crippen LogP contribution in [0.25, 0.3) is 11.1 Å². The Balaban J connectivity index is 1.69. The first kappa shape index (κ1) is 22.4. The van der Waals surface area contributed by atoms with Gasteiger partial charge in [0.25, 0.3) is 10.0 Å². The van der Waals surface area contributed by atoms with Crippen molar-refractivity contribution in [3.05, 3.63) is 76.3 Å². The molecule has 0 saturated carbocycles. The number of nitrogens with one attached hydrogen (secondary N) is 1. The molecule has 1 heterocycles. The van der Waals surface area contributed by atoms with E-state index in [1.807, 2.05) is 0 Å². The molecule has 1 aliphatic rings. The molecule has 3 aromatic carbocycles. The molecule has 4 rings (SSSR count). The van der Waals surface area contributed by atoms with Gasteiger partial charge >= 0.3 is 6.18 Å². The van der Waals surface area contributed by atoms with Crippen LogP contribution in [0.2, 0.25) is 10.0 Å². The lowest BCUT2D eigenvalue weighted by Gasteiger charge is -2.31. The highest BCUT2D eigenvalue weighted by atomic mass is 35.5. The lowest BCUT2D eigenvalue weighted by Crippen LogP contribution is -2.40. The van der Waals surface area contributed by atoms with Crippen LogP contribution < -0.4 is 9.62 Å². The van der Waals surface area contributed by atoms with Gasteiger partial charge in [0.1, 0.15) is 6.54 Å². The minimum absolute atomic E-state index is 0.00610. The number of hydrogen-bond acceptors (Lipinski definition) is 3. The highest BCUT2D eigenvalue weighted by Crippen LogP contribution is 2.44. The molecule has 0 fully saturated rings. The second kappa shape index (κ2) is 7.99. The van der Waals surface area contributed by atoms with Crippen LogP contribution in [0.1, 0.15) is 5.56 Å². The van der Waals surface area contributed by atoms with Crippen molar-refractivity contribution in [1.82, 2.24) is 0 Å². The average molecular weight is 501 g/mol. The average Bonchev–Trinajstić information content (AvgIpc) is 2.72. The van der Waals surface area contributed by atoms with E-state index < -0.39 is 39.2 Å². The molecule has 3 aromatic rings. The summed E-state index contributed by atoms with van der Waals surface area (Å²) in [5.41, 5.74) is -0.0968. The molecule has 11 heteroatoms. The van der Waals surface area contributed by atoms with Crippen LogP contribution in [0.4, 0.5) is 24.5 Å². The zero-order valence-corrected chi connectivity index (χ0v) is 18.3. The molecule has 0 aliphatic carbocycles. The molecule has 32 heavy (non-hydrogen) atoms. The van der Waals surface area contributed by atoms with Crippen molar-refractivity contribution >= 4 is 50.5 Å². The lowest BCUT2D eigenvalue weighted by molar-refractivity contribution is -0.137. The van der Waals surface area contributed by atoms with Gasteiger partial charge in [-0.25, -0.2) is 8.42 Å². The van der Waals surface area contributed by atoms with Gasteiger partial charge in [-0.05, 0) is 42.5 Å². The molecule has 0 aromatic heterocycles. The van der Waals surface area contributed by atoms with Gasteiger partial charge in [-0.1, -0.05) is 41.4 Å². The van der Waals surface area contributed by atoms with Crippen molar-refractivity contribution in [2.75, 3.05) is 16.2 Å². The van der Waals surface area contributed by atoms with Crippen LogP contribution >= 0.6 is 23.2 Å². The first-order chi connectivity index (χ1) is 15.0. The van der Waals surface area contributed by atoms with Gasteiger partial charge < -0.3 is 5.32 Å². The summed E-state index contributed by atoms with van der Waals surface area (Å²) in [6, 6.07) is 13.7. The highest BCUT2D eigenvalue weighted by molar-refractivity contribution is 7.93. The number of fused-ring (bicyclic) bond motifs is 3. The number of hydrogen-bond donors (Lipinski definition) is 1. The van der Waals surface area contributed by atoms with Gasteiger partial charge in [-0.15, -0.1) is 0 Å². The van der Waals surface area contributed by atoms with E-state index >= 15 is 0 Å². The van der Waals surface area contributed by atoms with Gasteiger partial charge in [-0.2, -0.15) is 13.2 Å². The van der Waals surface area contributed by atoms with E-state index in [9.17, 15) is 26.4 Å². The molecule has 0 spiro atoms. The minimum Gasteiger partial charge on any atom is -0.324 e. The van der Waals surface area contributed by atoms with E-state index in [-0.39, 0.29) is 16.3 Å². The van der Waals surface area contributed by atoms with Crippen LogP contribution in [0.3, 0.4) is 0 Å². The highest BCUT2D eigenvalue weighted by Gasteiger charge is 2.36. The summed E-state index contributed by atoms with van der Waals surface area (Å²) < 4.78 is 66.6. The Morgan fingerprint density at radius 1 is 0.969 bits per heavy atom. The predicted molar refractivity (Wildman–Crippen MR) is 117 cm³/mol. The zero-order chi connectivity index (χ0) is 23.3. The predicted octanol–water partition coefficient (Wildman–Crippen LogP) is 5.83. The largest absolute Gasteiger partial charge is 0.417 e. The van der Waals surface area contributed by atoms with Gasteiger partial charge in [0, 0.05) is 21.8 Å². The van der Waals surface area contributed by atoms with Crippen molar-refractivity contribution in [1.29, 1.82) is 0 Å². The second-order valence-corrected chi connectivity index (χ2v) is 9.58. The number of amides is 1. The second-order valence-electron chi connectivity index (χ2n) is 6.91. The fraction of sp³-hybridized carbons (Fsp3) is 0.0952. The van der Waals surface area contributed by atoms with Gasteiger partial charge in [0.2, 0.25) is 5.91 Å². The summed E-state index contributed by atoms with van der Waals surface area (Å²) in [6.45, 7) is -0.657. The molecule has 1 aliphatic heterocycles. The molecule has 1 amide bonds. The topological polar surface area (TPSA) is 66.5 Å². The summed E-state index contributed by atoms with van der Waals surface area (Å²) >= 11 is 11.7. The SMILES string of the molecule is O=C(CN1c2ccc(Cl)cc2-c2ccccc2S1(=O)=O)Nc1ccc(Cl)c(C(F)(F)F)c1. The molecular weight excluding hydrogens is 488 g/mol. The standard InChI is InChI=1S/C21H13Cl2F3N2O3S/c22-12-5-8-18-15(9-12)14-3-1-2-4-19(14)32(30,31)28(18)11-20(29)27-13-6-7-17(23)16(10-13)21(24,25)26/h1-10H,11H2,(H,27,29). The number of halogens is 5. The van der Waals surface area contributed by atoms with Crippen LogP contribution in [-0.4, -0.2) is 20.9 Å². The fourth-order valence-electron chi connectivity index (χ4n) is 3.43. The quantitative estimate of drug-likeness (QED) is 0.492. The van der Waals surface area contributed by atoms with E-state index in [1.54, 1.807) is 24.3 Å². The van der Waals surface area contributed by atoms with Gasteiger partial charge in [-0.3, -0.25) is 9.10 Å². The molecule has 0 atom stereocenters. The van der Waals surface area contributed by atoms with Gasteiger partial charge in [0.15, 0.2) is 0 Å². The van der Waals surface area contributed by atoms with E-state index in [4.69, 9.17) is 23.2 Å². The van der Waals surface area contributed by atoms with E-state index in [0.717, 1.165) is 10.4 Å². The number of sulfonamides is 1. The Morgan fingerprint density at radius 3 is 2.41 bits per heavy atom. The lowest BCUT2D eigenvalue weighted by atomic mass is 10.0. The Labute approximate surface area is 191 Å². The molecule has 0 unspecified atom stereocenters. The van der Waals surface area contributed by atoms with Crippen LogP contribution in [0.15, 0.2) is 65.6 Å². The number of carbonyl (C=O) groups excluding carboxylic acids is 1. The summed E-state index contributed by atoms with van der Waals surface area (Å²) in [7, 11) is -4.11. The number of benzene rings is 3. The van der Waals surface area contributed by atoms with Crippen molar-refractivity contribution in [3.63, 3.8) is 0 Å². The van der Waals surface area contributed by atoms with Crippen molar-refractivity contribution in [2.24, 2.45) is 0 Å². The molecule has 0 bridgehead atoms. The summed E-state index contributed by atoms with van der Waals surface area (Å²) in [5, 5.41) is 2.16. The minimum atomic E-state index is -4.71. The van der Waals surface area contributed by atoms with Crippen LogP contribution in [0.5, 0.6) is 0 Å². The summed E-state index contributed by atoms with van der Waals surface area (Å²) in [5.74, 6) is -0.829. The molecule has 1 N–H and O–H groups in total. The summed E-state index contributed by atoms with van der Waals surface area (Å²) in [6.07, 6.45) is -4.71. The summed E-state index contributed by atoms with van der Waals surface area (Å²) in [4.78, 5) is 12.6. The van der Waals surface area contributed by atoms with Crippen LogP contribution in [0, 0.1) is 0 Å². The first-order valence-electron chi connectivity index (χ1n) is 9.07. The van der Waals surface area contributed by atoms with E-state index in [2.05, 4.69) is 5.32 Å². The molecule has 5 nitrogen and oxygen atoms in total. The Morgan fingerprint density at radius 2 is 1.69 bits per heavy atom. The van der Waals surface area contributed by atoms with Crippen molar-refractivity contribution in [2.45, 2.75) is 11.1 Å². The Hall–Kier alpha value is -2.75. The third kappa shape index (κ3) is 4.03. The van der Waals surface area contributed by atoms with E-state index in [0.29, 0.717) is 22.2 Å². The maximum Gasteiger partial charge on any atom is 0.417 e. The molecular formula is C21H13Cl2F3N2O3S. The number of anilines is 2. The van der Waals surface area contributed by atoms with Gasteiger partial charge in [0.05, 0.1) is 21.2 Å². The van der Waals surface area contributed by atoms with Crippen molar-refractivity contribution in [3.8, 4) is 11.1 Å². The maximum absolute atomic E-state index is 13.2. The number of carbonyl (C=O) groups is 1. The Kier molecular flexibility index (Phi) is 5.60. The third-order valence-electron chi connectivity index (χ3n) is 4.82. The number of nitrogens with zero attached hydrogens (tertiary/aromatic N) is 1. The normalized spacial score (nSPS) is 14.5. The first-order valence-corrected chi connectivity index (χ1v) is 11.3. The monoisotopic (exact) mass is 500 g/mol. The maximum atomic E-state index is 13.2. The molecule has 166 valence electrons. The van der Waals surface area contributed by atoms with E-state index in [1.165, 1.54) is 24.3 Å². The smallest absolute Gasteiger partial charge is 0.324 e. The molecule has 0 radical (unpaired) electrons. The number of rotatable bonds is 3. The van der Waals surface area contributed by atoms with Crippen LogP contribution in [-0.2, 0) is 21.0 Å². The Bertz CT molecular complexity index is 1340. The number of alkyl halides is 3.